The Balaban J connectivity index is 2.17. The summed E-state index contributed by atoms with van der Waals surface area (Å²) in [5.74, 6) is -0.0803. The van der Waals surface area contributed by atoms with Crippen molar-refractivity contribution in [2.24, 2.45) is 0 Å². The van der Waals surface area contributed by atoms with Gasteiger partial charge < -0.3 is 10.0 Å². The van der Waals surface area contributed by atoms with Crippen LogP contribution in [0.3, 0.4) is 0 Å². The van der Waals surface area contributed by atoms with E-state index in [1.165, 1.54) is 23.2 Å². The normalized spacial score (nSPS) is 18.7. The predicted octanol–water partition coefficient (Wildman–Crippen LogP) is 4.20. The summed E-state index contributed by atoms with van der Waals surface area (Å²) < 4.78 is 0. The van der Waals surface area contributed by atoms with E-state index in [2.05, 4.69) is 4.98 Å². The largest absolute Gasteiger partial charge is 0.465 e. The molecule has 1 aliphatic rings. The van der Waals surface area contributed by atoms with E-state index >= 15 is 0 Å². The molecule has 0 aliphatic carbocycles. The maximum Gasteiger partial charge on any atom is 0.408 e. The lowest BCUT2D eigenvalue weighted by atomic mass is 9.88. The summed E-state index contributed by atoms with van der Waals surface area (Å²) in [4.78, 5) is 42.6. The Labute approximate surface area is 167 Å². The minimum atomic E-state index is -0.989. The Hall–Kier alpha value is -2.74. The molecule has 28 heavy (non-hydrogen) atoms. The van der Waals surface area contributed by atoms with Gasteiger partial charge >= 0.3 is 6.09 Å². The van der Waals surface area contributed by atoms with E-state index in [1.807, 2.05) is 39.0 Å². The number of hydrogen-bond donors (Lipinski definition) is 1. The lowest BCUT2D eigenvalue weighted by Gasteiger charge is -2.43. The quantitative estimate of drug-likeness (QED) is 0.776. The van der Waals surface area contributed by atoms with Crippen molar-refractivity contribution in [3.05, 3.63) is 34.2 Å². The molecule has 0 saturated heterocycles. The summed E-state index contributed by atoms with van der Waals surface area (Å²) in [6.45, 7) is 7.14. The first-order chi connectivity index (χ1) is 13.2. The molecule has 2 atom stereocenters. The van der Waals surface area contributed by atoms with Gasteiger partial charge in [0.25, 0.3) is 0 Å². The van der Waals surface area contributed by atoms with Gasteiger partial charge in [-0.15, -0.1) is 11.3 Å². The second kappa shape index (κ2) is 7.71. The average molecular weight is 401 g/mol. The fraction of sp³-hybridized carbons (Fsp3) is 0.400. The van der Waals surface area contributed by atoms with Crippen LogP contribution in [0.1, 0.15) is 55.5 Å². The minimum Gasteiger partial charge on any atom is -0.465 e. The molecule has 1 aliphatic heterocycles. The van der Waals surface area contributed by atoms with E-state index in [0.717, 1.165) is 16.8 Å². The van der Waals surface area contributed by atoms with Crippen LogP contribution in [-0.4, -0.2) is 45.4 Å². The number of aromatic nitrogens is 1. The van der Waals surface area contributed by atoms with Crippen LogP contribution >= 0.6 is 11.3 Å². The Kier molecular flexibility index (Phi) is 5.51. The maximum atomic E-state index is 12.3. The highest BCUT2D eigenvalue weighted by Crippen LogP contribution is 2.43. The molecule has 2 aromatic rings. The third-order valence-corrected chi connectivity index (χ3v) is 5.79. The van der Waals surface area contributed by atoms with Crippen molar-refractivity contribution in [2.45, 2.75) is 52.2 Å². The number of hydrogen-bond acceptors (Lipinski definition) is 5. The molecule has 0 bridgehead atoms. The summed E-state index contributed by atoms with van der Waals surface area (Å²) >= 11 is 1.26. The number of carbonyl (C=O) groups excluding carboxylic acids is 2. The Morgan fingerprint density at radius 3 is 2.64 bits per heavy atom. The summed E-state index contributed by atoms with van der Waals surface area (Å²) in [6, 6.07) is 4.88. The number of fused-ring (bicyclic) bond motifs is 1. The molecule has 148 valence electrons. The van der Waals surface area contributed by atoms with Crippen LogP contribution in [-0.2, 0) is 4.79 Å². The Morgan fingerprint density at radius 1 is 1.39 bits per heavy atom. The fourth-order valence-corrected chi connectivity index (χ4v) is 4.55. The Bertz CT molecular complexity index is 924. The highest BCUT2D eigenvalue weighted by molar-refractivity contribution is 7.11. The van der Waals surface area contributed by atoms with Crippen LogP contribution in [0, 0.1) is 0 Å². The van der Waals surface area contributed by atoms with Crippen LogP contribution in [0.15, 0.2) is 23.6 Å². The van der Waals surface area contributed by atoms with Gasteiger partial charge in [-0.25, -0.2) is 9.78 Å². The first kappa shape index (κ1) is 20.0. The van der Waals surface area contributed by atoms with E-state index in [-0.39, 0.29) is 24.0 Å². The van der Waals surface area contributed by atoms with Gasteiger partial charge in [0, 0.05) is 35.6 Å². The molecule has 1 aromatic heterocycles. The number of rotatable bonds is 4. The van der Waals surface area contributed by atoms with Crippen molar-refractivity contribution in [2.75, 3.05) is 4.90 Å². The van der Waals surface area contributed by atoms with Gasteiger partial charge in [0.1, 0.15) is 0 Å². The van der Waals surface area contributed by atoms with Crippen molar-refractivity contribution in [3.63, 3.8) is 0 Å². The van der Waals surface area contributed by atoms with E-state index in [1.54, 1.807) is 10.3 Å². The van der Waals surface area contributed by atoms with Crippen LogP contribution in [0.5, 0.6) is 0 Å². The van der Waals surface area contributed by atoms with Crippen LogP contribution in [0.25, 0.3) is 11.3 Å². The highest BCUT2D eigenvalue weighted by Gasteiger charge is 2.38. The van der Waals surface area contributed by atoms with Crippen LogP contribution in [0.2, 0.25) is 0 Å². The molecule has 3 rings (SSSR count). The van der Waals surface area contributed by atoms with E-state index in [9.17, 15) is 19.5 Å². The lowest BCUT2D eigenvalue weighted by molar-refractivity contribution is -0.117. The monoisotopic (exact) mass is 401 g/mol. The molecule has 0 fully saturated rings. The summed E-state index contributed by atoms with van der Waals surface area (Å²) in [7, 11) is 0. The van der Waals surface area contributed by atoms with E-state index in [0.29, 0.717) is 23.4 Å². The predicted molar refractivity (Wildman–Crippen MR) is 108 cm³/mol. The SMILES string of the molecule is CC(=O)N1c2ccc(-c3csc(C=O)n3)cc2[C@H](N(C(=O)O)C(C)C)C[C@@H]1C. The number of aldehydes is 1. The van der Waals surface area contributed by atoms with Gasteiger partial charge in [0.05, 0.1) is 11.7 Å². The van der Waals surface area contributed by atoms with E-state index in [4.69, 9.17) is 0 Å². The maximum absolute atomic E-state index is 12.3. The van der Waals surface area contributed by atoms with Crippen molar-refractivity contribution in [1.82, 2.24) is 9.88 Å². The van der Waals surface area contributed by atoms with Gasteiger partial charge in [0.15, 0.2) is 11.3 Å². The highest BCUT2D eigenvalue weighted by atomic mass is 32.1. The molecule has 8 heteroatoms. The van der Waals surface area contributed by atoms with E-state index < -0.39 is 6.09 Å². The summed E-state index contributed by atoms with van der Waals surface area (Å²) in [6.07, 6.45) is 0.230. The number of thiazole rings is 1. The van der Waals surface area contributed by atoms with Crippen molar-refractivity contribution in [1.29, 1.82) is 0 Å². The number of carboxylic acid groups (broad SMARTS) is 1. The second-order valence-electron chi connectivity index (χ2n) is 7.24. The van der Waals surface area contributed by atoms with Crippen molar-refractivity contribution >= 4 is 35.3 Å². The molecule has 0 saturated carbocycles. The summed E-state index contributed by atoms with van der Waals surface area (Å²) in [5, 5.41) is 12.0. The first-order valence-corrected chi connectivity index (χ1v) is 9.98. The van der Waals surface area contributed by atoms with Gasteiger partial charge in [0.2, 0.25) is 5.91 Å². The Morgan fingerprint density at radius 2 is 2.11 bits per heavy atom. The van der Waals surface area contributed by atoms with Crippen LogP contribution < -0.4 is 4.90 Å². The van der Waals surface area contributed by atoms with Gasteiger partial charge in [-0.3, -0.25) is 14.5 Å². The summed E-state index contributed by atoms with van der Waals surface area (Å²) in [5.41, 5.74) is 2.95. The molecule has 0 spiro atoms. The third-order valence-electron chi connectivity index (χ3n) is 5.02. The number of carbonyl (C=O) groups is 3. The first-order valence-electron chi connectivity index (χ1n) is 9.10. The topological polar surface area (TPSA) is 90.8 Å². The molecular formula is C20H23N3O4S. The molecule has 0 unspecified atom stereocenters. The molecule has 2 heterocycles. The average Bonchev–Trinajstić information content (AvgIpc) is 3.09. The molecule has 7 nitrogen and oxygen atoms in total. The zero-order valence-electron chi connectivity index (χ0n) is 16.2. The second-order valence-corrected chi connectivity index (χ2v) is 8.13. The third kappa shape index (κ3) is 3.52. The van der Waals surface area contributed by atoms with Gasteiger partial charge in [-0.05, 0) is 44.9 Å². The molecule has 0 radical (unpaired) electrons. The number of benzene rings is 1. The van der Waals surface area contributed by atoms with Gasteiger partial charge in [-0.2, -0.15) is 0 Å². The number of amides is 2. The zero-order valence-corrected chi connectivity index (χ0v) is 17.1. The minimum absolute atomic E-state index is 0.0803. The molecule has 1 aromatic carbocycles. The van der Waals surface area contributed by atoms with Gasteiger partial charge in [-0.1, -0.05) is 6.07 Å². The fourth-order valence-electron chi connectivity index (χ4n) is 3.92. The number of anilines is 1. The number of nitrogens with zero attached hydrogens (tertiary/aromatic N) is 3. The van der Waals surface area contributed by atoms with Crippen molar-refractivity contribution < 1.29 is 19.5 Å². The molecular weight excluding hydrogens is 378 g/mol. The smallest absolute Gasteiger partial charge is 0.408 e. The zero-order chi connectivity index (χ0) is 20.6. The van der Waals surface area contributed by atoms with Crippen molar-refractivity contribution in [3.8, 4) is 11.3 Å². The molecule has 2 amide bonds. The lowest BCUT2D eigenvalue weighted by Crippen LogP contribution is -2.48. The molecule has 1 N–H and O–H groups in total. The standard InChI is InChI=1S/C20H23N3O4S/c1-11(2)22(20(26)27)18-7-12(3)23(13(4)25)17-6-5-14(8-15(17)18)16-10-28-19(9-24)21-16/h5-6,8-12,18H,7H2,1-4H3,(H,26,27)/t12-,18+/m0/s1. The van der Waals surface area contributed by atoms with Crippen LogP contribution in [0.4, 0.5) is 10.5 Å².